The molecule has 1 fully saturated rings. The Morgan fingerprint density at radius 2 is 2.00 bits per heavy atom. The molecule has 8 heteroatoms. The molecule has 1 aromatic carbocycles. The number of Topliss-reactive ketones (excluding diaryl/α,β-unsaturated/α-hetero) is 1. The lowest BCUT2D eigenvalue weighted by molar-refractivity contribution is -0.144. The first-order valence-electron chi connectivity index (χ1n) is 8.05. The van der Waals surface area contributed by atoms with Crippen LogP contribution in [-0.2, 0) is 14.3 Å². The van der Waals surface area contributed by atoms with Gasteiger partial charge in [0.2, 0.25) is 0 Å². The molecule has 0 aliphatic heterocycles. The van der Waals surface area contributed by atoms with E-state index in [2.05, 4.69) is 26.1 Å². The number of rotatable bonds is 7. The van der Waals surface area contributed by atoms with Gasteiger partial charge in [-0.3, -0.25) is 14.2 Å². The van der Waals surface area contributed by atoms with Gasteiger partial charge in [0.05, 0.1) is 6.61 Å². The molecule has 3 rings (SSSR count). The summed E-state index contributed by atoms with van der Waals surface area (Å²) in [6.45, 7) is 3.35. The summed E-state index contributed by atoms with van der Waals surface area (Å²) in [6, 6.07) is 8.14. The number of esters is 1. The molecule has 132 valence electrons. The predicted octanol–water partition coefficient (Wildman–Crippen LogP) is 3.66. The van der Waals surface area contributed by atoms with Gasteiger partial charge in [-0.25, -0.2) is 0 Å². The van der Waals surface area contributed by atoms with Crippen LogP contribution in [0.5, 0.6) is 0 Å². The molecule has 0 spiro atoms. The van der Waals surface area contributed by atoms with E-state index in [1.165, 1.54) is 6.92 Å². The van der Waals surface area contributed by atoms with Crippen molar-refractivity contribution in [2.24, 2.45) is 0 Å². The maximum absolute atomic E-state index is 12.1. The molecule has 1 aliphatic carbocycles. The van der Waals surface area contributed by atoms with E-state index in [1.54, 1.807) is 6.92 Å². The quantitative estimate of drug-likeness (QED) is 0.384. The molecule has 2 aromatic rings. The van der Waals surface area contributed by atoms with E-state index >= 15 is 0 Å². The van der Waals surface area contributed by atoms with Crippen LogP contribution in [-0.4, -0.2) is 38.4 Å². The maximum atomic E-state index is 12.1. The van der Waals surface area contributed by atoms with Crippen molar-refractivity contribution in [3.8, 4) is 11.4 Å². The number of benzene rings is 1. The predicted molar refractivity (Wildman–Crippen MR) is 98.4 cm³/mol. The summed E-state index contributed by atoms with van der Waals surface area (Å²) < 4.78 is 8.03. The fraction of sp³-hybridized carbons (Fsp3) is 0.412. The van der Waals surface area contributed by atoms with Gasteiger partial charge in [0.1, 0.15) is 0 Å². The smallest absolute Gasteiger partial charge is 0.327 e. The minimum atomic E-state index is -0.917. The van der Waals surface area contributed by atoms with Gasteiger partial charge in [-0.15, -0.1) is 10.2 Å². The maximum Gasteiger partial charge on any atom is 0.327 e. The Hall–Kier alpha value is -1.67. The Morgan fingerprint density at radius 1 is 1.32 bits per heavy atom. The second-order valence-corrected chi connectivity index (χ2v) is 7.76. The van der Waals surface area contributed by atoms with E-state index in [1.807, 2.05) is 28.8 Å². The van der Waals surface area contributed by atoms with Gasteiger partial charge < -0.3 is 4.74 Å². The van der Waals surface area contributed by atoms with Crippen molar-refractivity contribution >= 4 is 39.4 Å². The molecule has 1 unspecified atom stereocenters. The molecule has 25 heavy (non-hydrogen) atoms. The van der Waals surface area contributed by atoms with Crippen molar-refractivity contribution in [2.45, 2.75) is 43.1 Å². The minimum absolute atomic E-state index is 0.239. The molecule has 1 aliphatic rings. The lowest BCUT2D eigenvalue weighted by atomic mass is 10.2. The zero-order chi connectivity index (χ0) is 18.0. The molecule has 0 amide bonds. The number of ketones is 1. The summed E-state index contributed by atoms with van der Waals surface area (Å²) in [4.78, 5) is 24.0. The first-order chi connectivity index (χ1) is 12.0. The second kappa shape index (κ2) is 7.70. The van der Waals surface area contributed by atoms with Crippen molar-refractivity contribution in [1.29, 1.82) is 0 Å². The molecule has 1 saturated carbocycles. The third-order valence-corrected chi connectivity index (χ3v) is 5.55. The Balaban J connectivity index is 1.93. The highest BCUT2D eigenvalue weighted by atomic mass is 79.9. The van der Waals surface area contributed by atoms with Gasteiger partial charge in [-0.05, 0) is 38.8 Å². The Kier molecular flexibility index (Phi) is 5.58. The number of hydrogen-bond acceptors (Lipinski definition) is 6. The van der Waals surface area contributed by atoms with Crippen molar-refractivity contribution in [2.75, 3.05) is 6.61 Å². The first-order valence-corrected chi connectivity index (χ1v) is 9.73. The van der Waals surface area contributed by atoms with Gasteiger partial charge in [-0.1, -0.05) is 39.8 Å². The van der Waals surface area contributed by atoms with E-state index < -0.39 is 11.2 Å². The minimum Gasteiger partial charge on any atom is -0.465 e. The van der Waals surface area contributed by atoms with Crippen LogP contribution >= 0.6 is 27.7 Å². The van der Waals surface area contributed by atoms with Crippen LogP contribution in [0.4, 0.5) is 0 Å². The number of carbonyl (C=O) groups excluding carboxylic acids is 2. The number of carbonyl (C=O) groups is 2. The molecule has 0 radical (unpaired) electrons. The topological polar surface area (TPSA) is 74.1 Å². The highest BCUT2D eigenvalue weighted by Gasteiger charge is 2.34. The monoisotopic (exact) mass is 423 g/mol. The lowest BCUT2D eigenvalue weighted by Crippen LogP contribution is -2.27. The Labute approximate surface area is 158 Å². The second-order valence-electron chi connectivity index (χ2n) is 5.77. The lowest BCUT2D eigenvalue weighted by Gasteiger charge is -2.13. The number of nitrogens with zero attached hydrogens (tertiary/aromatic N) is 3. The fourth-order valence-corrected chi connectivity index (χ4v) is 3.68. The standard InChI is InChI=1S/C17H18BrN3O3S/c1-3-24-16(23)14(10(2)22)25-17-20-19-15(21(17)13-8-9-13)11-4-6-12(18)7-5-11/h4-7,13-14H,3,8-9H2,1-2H3. The number of hydrogen-bond donors (Lipinski definition) is 0. The van der Waals surface area contributed by atoms with Gasteiger partial charge in [0.15, 0.2) is 22.0 Å². The summed E-state index contributed by atoms with van der Waals surface area (Å²) in [5, 5.41) is 8.21. The van der Waals surface area contributed by atoms with Crippen molar-refractivity contribution in [3.63, 3.8) is 0 Å². The van der Waals surface area contributed by atoms with E-state index in [4.69, 9.17) is 4.74 Å². The third-order valence-electron chi connectivity index (χ3n) is 3.77. The zero-order valence-electron chi connectivity index (χ0n) is 13.9. The van der Waals surface area contributed by atoms with E-state index in [0.29, 0.717) is 11.2 Å². The first kappa shape index (κ1) is 18.1. The van der Waals surface area contributed by atoms with Crippen molar-refractivity contribution < 1.29 is 14.3 Å². The highest BCUT2D eigenvalue weighted by Crippen LogP contribution is 2.42. The van der Waals surface area contributed by atoms with Crippen LogP contribution in [0.2, 0.25) is 0 Å². The van der Waals surface area contributed by atoms with Gasteiger partial charge >= 0.3 is 5.97 Å². The molecule has 6 nitrogen and oxygen atoms in total. The average molecular weight is 424 g/mol. The number of thioether (sulfide) groups is 1. The fourth-order valence-electron chi connectivity index (χ4n) is 2.44. The summed E-state index contributed by atoms with van der Waals surface area (Å²) in [7, 11) is 0. The molecule has 1 aromatic heterocycles. The summed E-state index contributed by atoms with van der Waals surface area (Å²) in [5.74, 6) is -0.0295. The highest BCUT2D eigenvalue weighted by molar-refractivity contribution is 9.10. The summed E-state index contributed by atoms with van der Waals surface area (Å²) >= 11 is 4.54. The normalized spacial score (nSPS) is 15.0. The molecular formula is C17H18BrN3O3S. The number of ether oxygens (including phenoxy) is 1. The molecule has 1 atom stereocenters. The van der Waals surface area contributed by atoms with Crippen LogP contribution in [0, 0.1) is 0 Å². The van der Waals surface area contributed by atoms with Crippen LogP contribution in [0.25, 0.3) is 11.4 Å². The van der Waals surface area contributed by atoms with Crippen LogP contribution in [0.1, 0.15) is 32.7 Å². The SMILES string of the molecule is CCOC(=O)C(Sc1nnc(-c2ccc(Br)cc2)n1C1CC1)C(C)=O. The zero-order valence-corrected chi connectivity index (χ0v) is 16.3. The largest absolute Gasteiger partial charge is 0.465 e. The van der Waals surface area contributed by atoms with Crippen molar-refractivity contribution in [3.05, 3.63) is 28.7 Å². The van der Waals surface area contributed by atoms with E-state index in [9.17, 15) is 9.59 Å². The van der Waals surface area contributed by atoms with Crippen LogP contribution < -0.4 is 0 Å². The molecule has 0 saturated heterocycles. The average Bonchev–Trinajstić information content (AvgIpc) is 3.33. The Morgan fingerprint density at radius 3 is 2.56 bits per heavy atom. The van der Waals surface area contributed by atoms with Crippen molar-refractivity contribution in [1.82, 2.24) is 14.8 Å². The van der Waals surface area contributed by atoms with Gasteiger partial charge in [-0.2, -0.15) is 0 Å². The number of aromatic nitrogens is 3. The van der Waals surface area contributed by atoms with Crippen LogP contribution in [0.3, 0.4) is 0 Å². The van der Waals surface area contributed by atoms with Gasteiger partial charge in [0.25, 0.3) is 0 Å². The summed E-state index contributed by atoms with van der Waals surface area (Å²) in [5.41, 5.74) is 0.949. The molecule has 0 bridgehead atoms. The molecular weight excluding hydrogens is 406 g/mol. The third kappa shape index (κ3) is 4.12. The van der Waals surface area contributed by atoms with Crippen LogP contribution in [0.15, 0.2) is 33.9 Å². The van der Waals surface area contributed by atoms with E-state index in [-0.39, 0.29) is 12.4 Å². The van der Waals surface area contributed by atoms with E-state index in [0.717, 1.165) is 40.5 Å². The van der Waals surface area contributed by atoms with Gasteiger partial charge in [0, 0.05) is 16.1 Å². The Bertz CT molecular complexity index is 787. The molecule has 0 N–H and O–H groups in total. The summed E-state index contributed by atoms with van der Waals surface area (Å²) in [6.07, 6.45) is 2.08. The molecule has 1 heterocycles. The number of halogens is 1.